The molecule has 1 aliphatic heterocycles. The molecule has 0 bridgehead atoms. The molecule has 2 N–H and O–H groups in total. The number of likely N-dealkylation sites (N-methyl/N-ethyl adjacent to an activating group) is 1. The van der Waals surface area contributed by atoms with Crippen molar-refractivity contribution in [3.8, 4) is 0 Å². The SMILES string of the molecule is CN(CCc1ccccc1)C1CCN(S(=O)(=O)N[C@H]2CC=CC[C@H](NC(=O)c3cc(C4CC4)on3)C2)CC1. The fourth-order valence-corrected chi connectivity index (χ4v) is 6.88. The molecular weight excluding hydrogens is 502 g/mol. The summed E-state index contributed by atoms with van der Waals surface area (Å²) >= 11 is 0. The molecule has 1 saturated heterocycles. The van der Waals surface area contributed by atoms with Gasteiger partial charge in [0.2, 0.25) is 0 Å². The van der Waals surface area contributed by atoms with Crippen LogP contribution in [0.1, 0.15) is 72.7 Å². The molecule has 2 atom stereocenters. The van der Waals surface area contributed by atoms with Gasteiger partial charge in [0.25, 0.3) is 16.1 Å². The quantitative estimate of drug-likeness (QED) is 0.447. The van der Waals surface area contributed by atoms with Crippen LogP contribution in [-0.2, 0) is 16.6 Å². The number of piperidine rings is 1. The molecule has 38 heavy (non-hydrogen) atoms. The summed E-state index contributed by atoms with van der Waals surface area (Å²) in [6.07, 6.45) is 10.5. The highest BCUT2D eigenvalue weighted by Gasteiger charge is 2.33. The lowest BCUT2D eigenvalue weighted by Crippen LogP contribution is -2.52. The second-order valence-corrected chi connectivity index (χ2v) is 12.6. The maximum atomic E-state index is 13.2. The van der Waals surface area contributed by atoms with Crippen molar-refractivity contribution < 1.29 is 17.7 Å². The first-order chi connectivity index (χ1) is 18.4. The van der Waals surface area contributed by atoms with Crippen molar-refractivity contribution in [1.29, 1.82) is 0 Å². The van der Waals surface area contributed by atoms with Crippen molar-refractivity contribution in [2.75, 3.05) is 26.7 Å². The maximum absolute atomic E-state index is 13.2. The Bertz CT molecular complexity index is 1200. The summed E-state index contributed by atoms with van der Waals surface area (Å²) in [5, 5.41) is 6.94. The van der Waals surface area contributed by atoms with Gasteiger partial charge < -0.3 is 14.7 Å². The van der Waals surface area contributed by atoms with Crippen molar-refractivity contribution in [3.63, 3.8) is 0 Å². The monoisotopic (exact) mass is 541 g/mol. The first-order valence-corrected chi connectivity index (χ1v) is 15.3. The molecule has 10 heteroatoms. The Morgan fingerprint density at radius 3 is 2.50 bits per heavy atom. The van der Waals surface area contributed by atoms with Crippen molar-refractivity contribution in [2.45, 2.75) is 75.4 Å². The van der Waals surface area contributed by atoms with E-state index < -0.39 is 10.2 Å². The van der Waals surface area contributed by atoms with E-state index in [1.54, 1.807) is 10.4 Å². The number of amides is 1. The third kappa shape index (κ3) is 7.11. The van der Waals surface area contributed by atoms with Gasteiger partial charge in [-0.1, -0.05) is 47.6 Å². The molecule has 206 valence electrons. The third-order valence-electron chi connectivity index (χ3n) is 7.95. The number of benzene rings is 1. The summed E-state index contributed by atoms with van der Waals surface area (Å²) in [7, 11) is -1.48. The predicted octanol–water partition coefficient (Wildman–Crippen LogP) is 3.23. The zero-order valence-electron chi connectivity index (χ0n) is 22.1. The Morgan fingerprint density at radius 1 is 1.08 bits per heavy atom. The molecule has 2 aliphatic carbocycles. The Labute approximate surface area is 225 Å². The van der Waals surface area contributed by atoms with Crippen LogP contribution in [-0.4, -0.2) is 73.5 Å². The van der Waals surface area contributed by atoms with Gasteiger partial charge in [-0.2, -0.15) is 17.4 Å². The van der Waals surface area contributed by atoms with Gasteiger partial charge in [-0.3, -0.25) is 4.79 Å². The van der Waals surface area contributed by atoms with Gasteiger partial charge in [0.05, 0.1) is 0 Å². The molecule has 0 radical (unpaired) electrons. The molecule has 1 aromatic heterocycles. The molecule has 1 aromatic carbocycles. The van der Waals surface area contributed by atoms with E-state index in [1.807, 2.05) is 18.2 Å². The Morgan fingerprint density at radius 2 is 1.79 bits per heavy atom. The number of hydrogen-bond acceptors (Lipinski definition) is 6. The van der Waals surface area contributed by atoms with E-state index in [1.165, 1.54) is 5.56 Å². The summed E-state index contributed by atoms with van der Waals surface area (Å²) in [5.74, 6) is 0.886. The van der Waals surface area contributed by atoms with E-state index in [0.717, 1.165) is 44.4 Å². The molecule has 9 nitrogen and oxygen atoms in total. The molecule has 0 unspecified atom stereocenters. The lowest BCUT2D eigenvalue weighted by molar-refractivity contribution is 0.0925. The first-order valence-electron chi connectivity index (χ1n) is 13.8. The van der Waals surface area contributed by atoms with Crippen LogP contribution in [0.2, 0.25) is 0 Å². The molecule has 2 heterocycles. The summed E-state index contributed by atoms with van der Waals surface area (Å²) in [5.41, 5.74) is 1.61. The maximum Gasteiger partial charge on any atom is 0.279 e. The van der Waals surface area contributed by atoms with Crippen LogP contribution in [0.15, 0.2) is 53.1 Å². The molecular formula is C28H39N5O4S. The predicted molar refractivity (Wildman–Crippen MR) is 146 cm³/mol. The highest BCUT2D eigenvalue weighted by molar-refractivity contribution is 7.87. The minimum atomic E-state index is -3.62. The van der Waals surface area contributed by atoms with Crippen molar-refractivity contribution in [3.05, 3.63) is 65.6 Å². The third-order valence-corrected chi connectivity index (χ3v) is 9.63. The van der Waals surface area contributed by atoms with E-state index in [2.05, 4.69) is 51.4 Å². The number of hydrogen-bond donors (Lipinski definition) is 2. The van der Waals surface area contributed by atoms with E-state index in [4.69, 9.17) is 4.52 Å². The first kappa shape index (κ1) is 27.1. The van der Waals surface area contributed by atoms with Crippen LogP contribution in [0.4, 0.5) is 0 Å². The van der Waals surface area contributed by atoms with Gasteiger partial charge in [0.1, 0.15) is 5.76 Å². The van der Waals surface area contributed by atoms with Crippen LogP contribution in [0.5, 0.6) is 0 Å². The highest BCUT2D eigenvalue weighted by atomic mass is 32.2. The number of carbonyl (C=O) groups excluding carboxylic acids is 1. The number of rotatable bonds is 10. The molecule has 3 aliphatic rings. The zero-order valence-corrected chi connectivity index (χ0v) is 22.9. The van der Waals surface area contributed by atoms with E-state index in [9.17, 15) is 13.2 Å². The van der Waals surface area contributed by atoms with Gasteiger partial charge in [0, 0.05) is 49.7 Å². The molecule has 5 rings (SSSR count). The van der Waals surface area contributed by atoms with E-state index in [-0.39, 0.29) is 23.7 Å². The molecule has 1 saturated carbocycles. The lowest BCUT2D eigenvalue weighted by atomic mass is 10.0. The van der Waals surface area contributed by atoms with Crippen LogP contribution in [0.3, 0.4) is 0 Å². The number of nitrogens with zero attached hydrogens (tertiary/aromatic N) is 3. The molecule has 1 amide bonds. The fourth-order valence-electron chi connectivity index (χ4n) is 5.43. The molecule has 2 aromatic rings. The van der Waals surface area contributed by atoms with Crippen LogP contribution >= 0.6 is 0 Å². The van der Waals surface area contributed by atoms with E-state index in [0.29, 0.717) is 44.3 Å². The highest BCUT2D eigenvalue weighted by Crippen LogP contribution is 2.40. The second-order valence-electron chi connectivity index (χ2n) is 10.9. The van der Waals surface area contributed by atoms with Gasteiger partial charge in [-0.25, -0.2) is 0 Å². The Hall–Kier alpha value is -2.53. The fraction of sp³-hybridized carbons (Fsp3) is 0.571. The number of aromatic nitrogens is 1. The standard InChI is InChI=1S/C28H39N5O4S/c1-32(16-13-21-7-3-2-4-8-21)25-14-17-33(18-15-25)38(35,36)31-24-10-6-5-9-23(19-24)29-28(34)26-20-27(37-30-26)22-11-12-22/h2-8,20,22-25,31H,9-19H2,1H3,(H,29,34)/t23-,24-/m0/s1. The summed E-state index contributed by atoms with van der Waals surface area (Å²) in [4.78, 5) is 15.1. The minimum Gasteiger partial charge on any atom is -0.360 e. The average Bonchev–Trinajstić information content (AvgIpc) is 3.69. The van der Waals surface area contributed by atoms with Crippen molar-refractivity contribution >= 4 is 16.1 Å². The topological polar surface area (TPSA) is 108 Å². The van der Waals surface area contributed by atoms with Crippen molar-refractivity contribution in [2.24, 2.45) is 0 Å². The van der Waals surface area contributed by atoms with E-state index >= 15 is 0 Å². The van der Waals surface area contributed by atoms with Gasteiger partial charge in [-0.15, -0.1) is 0 Å². The van der Waals surface area contributed by atoms with Gasteiger partial charge in [0.15, 0.2) is 5.69 Å². The van der Waals surface area contributed by atoms with Crippen LogP contribution in [0, 0.1) is 0 Å². The van der Waals surface area contributed by atoms with Crippen molar-refractivity contribution in [1.82, 2.24) is 24.4 Å². The Balaban J connectivity index is 1.09. The smallest absolute Gasteiger partial charge is 0.279 e. The summed E-state index contributed by atoms with van der Waals surface area (Å²) in [6, 6.07) is 12.1. The molecule has 2 fully saturated rings. The lowest BCUT2D eigenvalue weighted by Gasteiger charge is -2.36. The molecule has 0 spiro atoms. The minimum absolute atomic E-state index is 0.181. The van der Waals surface area contributed by atoms with Gasteiger partial charge >= 0.3 is 0 Å². The second kappa shape index (κ2) is 12.1. The summed E-state index contributed by atoms with van der Waals surface area (Å²) < 4.78 is 36.3. The average molecular weight is 542 g/mol. The zero-order chi connectivity index (χ0) is 26.5. The van der Waals surface area contributed by atoms with Crippen LogP contribution in [0.25, 0.3) is 0 Å². The number of carbonyl (C=O) groups is 1. The summed E-state index contributed by atoms with van der Waals surface area (Å²) in [6.45, 7) is 1.97. The van der Waals surface area contributed by atoms with Crippen LogP contribution < -0.4 is 10.0 Å². The van der Waals surface area contributed by atoms with Gasteiger partial charge in [-0.05, 0) is 64.0 Å². The normalized spacial score (nSPS) is 23.4. The largest absolute Gasteiger partial charge is 0.360 e. The Kier molecular flexibility index (Phi) is 8.62. The number of nitrogens with one attached hydrogen (secondary N) is 2.